The van der Waals surface area contributed by atoms with Gasteiger partial charge in [0.2, 0.25) is 0 Å². The lowest BCUT2D eigenvalue weighted by Gasteiger charge is -2.16. The summed E-state index contributed by atoms with van der Waals surface area (Å²) < 4.78 is 27.3. The van der Waals surface area contributed by atoms with Gasteiger partial charge in [0, 0.05) is 30.0 Å². The molecule has 3 rings (SSSR count). The van der Waals surface area contributed by atoms with Crippen molar-refractivity contribution in [2.45, 2.75) is 31.5 Å². The van der Waals surface area contributed by atoms with Gasteiger partial charge in [-0.05, 0) is 26.3 Å². The maximum Gasteiger partial charge on any atom is 0.191 e. The van der Waals surface area contributed by atoms with Gasteiger partial charge in [-0.25, -0.2) is 8.42 Å². The Morgan fingerprint density at radius 1 is 1.42 bits per heavy atom. The Bertz CT molecular complexity index is 883. The van der Waals surface area contributed by atoms with Gasteiger partial charge in [0.1, 0.15) is 6.33 Å². The standard InChI is InChI=1S/C15H20N4O3S2/c1-10-6-13(14(20)7-23-15-17-16-9-18(15)3)11(2)19(10)12-4-5-24(21,22)8-12/h6,9,12H,4-5,7-8H2,1-3H3/t12-/m0/s1. The summed E-state index contributed by atoms with van der Waals surface area (Å²) >= 11 is 1.35. The first-order chi connectivity index (χ1) is 11.3. The number of hydrogen-bond acceptors (Lipinski definition) is 6. The van der Waals surface area contributed by atoms with E-state index in [0.717, 1.165) is 11.4 Å². The third-order valence-corrected chi connectivity index (χ3v) is 7.15. The zero-order chi connectivity index (χ0) is 17.5. The molecular formula is C15H20N4O3S2. The topological polar surface area (TPSA) is 86.8 Å². The van der Waals surface area contributed by atoms with Crippen molar-refractivity contribution >= 4 is 27.4 Å². The molecule has 0 radical (unpaired) electrons. The molecule has 0 unspecified atom stereocenters. The Morgan fingerprint density at radius 3 is 2.75 bits per heavy atom. The van der Waals surface area contributed by atoms with Crippen LogP contribution in [0.15, 0.2) is 17.6 Å². The number of carbonyl (C=O) groups excluding carboxylic acids is 1. The Labute approximate surface area is 145 Å². The summed E-state index contributed by atoms with van der Waals surface area (Å²) in [5, 5.41) is 8.44. The lowest BCUT2D eigenvalue weighted by Crippen LogP contribution is -2.14. The largest absolute Gasteiger partial charge is 0.344 e. The van der Waals surface area contributed by atoms with Crippen LogP contribution in [0.2, 0.25) is 0 Å². The summed E-state index contributed by atoms with van der Waals surface area (Å²) in [6.45, 7) is 3.81. The molecule has 1 fully saturated rings. The molecule has 1 aliphatic heterocycles. The number of sulfone groups is 1. The van der Waals surface area contributed by atoms with E-state index in [1.807, 2.05) is 31.5 Å². The maximum absolute atomic E-state index is 12.6. The van der Waals surface area contributed by atoms with Gasteiger partial charge in [-0.1, -0.05) is 11.8 Å². The van der Waals surface area contributed by atoms with E-state index in [1.165, 1.54) is 11.8 Å². The second-order valence-corrected chi connectivity index (χ2v) is 9.32. The molecule has 0 aromatic carbocycles. The van der Waals surface area contributed by atoms with Crippen molar-refractivity contribution in [3.8, 4) is 0 Å². The molecule has 1 aliphatic rings. The van der Waals surface area contributed by atoms with E-state index >= 15 is 0 Å². The van der Waals surface area contributed by atoms with E-state index in [4.69, 9.17) is 0 Å². The quantitative estimate of drug-likeness (QED) is 0.588. The average Bonchev–Trinajstić information content (AvgIpc) is 3.15. The highest BCUT2D eigenvalue weighted by molar-refractivity contribution is 7.99. The minimum atomic E-state index is -2.96. The highest BCUT2D eigenvalue weighted by Crippen LogP contribution is 2.29. The smallest absolute Gasteiger partial charge is 0.191 e. The van der Waals surface area contributed by atoms with E-state index in [2.05, 4.69) is 10.2 Å². The van der Waals surface area contributed by atoms with Crippen LogP contribution in [-0.4, -0.2) is 50.8 Å². The first kappa shape index (κ1) is 17.2. The number of hydrogen-bond donors (Lipinski definition) is 0. The molecule has 0 spiro atoms. The van der Waals surface area contributed by atoms with Gasteiger partial charge in [-0.2, -0.15) is 0 Å². The molecule has 1 atom stereocenters. The normalized spacial score (nSPS) is 19.7. The first-order valence-corrected chi connectivity index (χ1v) is 10.5. The lowest BCUT2D eigenvalue weighted by atomic mass is 10.2. The number of thioether (sulfide) groups is 1. The van der Waals surface area contributed by atoms with Gasteiger partial charge >= 0.3 is 0 Å². The van der Waals surface area contributed by atoms with E-state index in [9.17, 15) is 13.2 Å². The van der Waals surface area contributed by atoms with E-state index < -0.39 is 9.84 Å². The number of Topliss-reactive ketones (excluding diaryl/α,β-unsaturated/α-hetero) is 1. The van der Waals surface area contributed by atoms with Crippen LogP contribution in [0.4, 0.5) is 0 Å². The van der Waals surface area contributed by atoms with Crippen molar-refractivity contribution < 1.29 is 13.2 Å². The van der Waals surface area contributed by atoms with Crippen LogP contribution in [0.5, 0.6) is 0 Å². The van der Waals surface area contributed by atoms with Gasteiger partial charge in [0.25, 0.3) is 0 Å². The Balaban J connectivity index is 1.78. The fraction of sp³-hybridized carbons (Fsp3) is 0.533. The summed E-state index contributed by atoms with van der Waals surface area (Å²) in [5.74, 6) is 0.674. The zero-order valence-electron chi connectivity index (χ0n) is 13.9. The predicted molar refractivity (Wildman–Crippen MR) is 92.3 cm³/mol. The highest BCUT2D eigenvalue weighted by atomic mass is 32.2. The fourth-order valence-electron chi connectivity index (χ4n) is 3.21. The summed E-state index contributed by atoms with van der Waals surface area (Å²) in [5.41, 5.74) is 2.44. The van der Waals surface area contributed by atoms with Crippen molar-refractivity contribution in [1.29, 1.82) is 0 Å². The predicted octanol–water partition coefficient (Wildman–Crippen LogP) is 1.57. The third-order valence-electron chi connectivity index (χ3n) is 4.36. The summed E-state index contributed by atoms with van der Waals surface area (Å²) in [6.07, 6.45) is 2.21. The van der Waals surface area contributed by atoms with Crippen LogP contribution in [0.25, 0.3) is 0 Å². The molecule has 0 bridgehead atoms. The second-order valence-electron chi connectivity index (χ2n) is 6.15. The van der Waals surface area contributed by atoms with Crippen molar-refractivity contribution in [3.63, 3.8) is 0 Å². The third kappa shape index (κ3) is 3.27. The van der Waals surface area contributed by atoms with E-state index in [1.54, 1.807) is 10.9 Å². The number of nitrogens with zero attached hydrogens (tertiary/aromatic N) is 4. The fourth-order valence-corrected chi connectivity index (χ4v) is 5.68. The number of rotatable bonds is 5. The van der Waals surface area contributed by atoms with Crippen LogP contribution in [0.3, 0.4) is 0 Å². The molecule has 130 valence electrons. The van der Waals surface area contributed by atoms with Gasteiger partial charge < -0.3 is 9.13 Å². The number of ketones is 1. The number of aromatic nitrogens is 4. The van der Waals surface area contributed by atoms with Gasteiger partial charge in [0.05, 0.1) is 17.3 Å². The SMILES string of the molecule is Cc1cc(C(=O)CSc2nncn2C)c(C)n1[C@H]1CCS(=O)(=O)C1. The van der Waals surface area contributed by atoms with Gasteiger partial charge in [0.15, 0.2) is 20.8 Å². The molecule has 1 saturated heterocycles. The van der Waals surface area contributed by atoms with Gasteiger partial charge in [-0.3, -0.25) is 4.79 Å². The number of carbonyl (C=O) groups is 1. The number of aryl methyl sites for hydroxylation is 2. The van der Waals surface area contributed by atoms with E-state index in [0.29, 0.717) is 17.1 Å². The van der Waals surface area contributed by atoms with E-state index in [-0.39, 0.29) is 29.1 Å². The molecule has 0 N–H and O–H groups in total. The van der Waals surface area contributed by atoms with Crippen molar-refractivity contribution in [2.75, 3.05) is 17.3 Å². The molecule has 0 saturated carbocycles. The average molecular weight is 368 g/mol. The molecule has 2 aromatic rings. The van der Waals surface area contributed by atoms with Crippen molar-refractivity contribution in [3.05, 3.63) is 29.3 Å². The van der Waals surface area contributed by atoms with Crippen LogP contribution >= 0.6 is 11.8 Å². The van der Waals surface area contributed by atoms with Gasteiger partial charge in [-0.15, -0.1) is 10.2 Å². The Hall–Kier alpha value is -1.61. The minimum Gasteiger partial charge on any atom is -0.344 e. The summed E-state index contributed by atoms with van der Waals surface area (Å²) in [7, 11) is -1.13. The second kappa shape index (κ2) is 6.36. The molecular weight excluding hydrogens is 348 g/mol. The van der Waals surface area contributed by atoms with Crippen LogP contribution in [0, 0.1) is 13.8 Å². The first-order valence-electron chi connectivity index (χ1n) is 7.67. The molecule has 0 aliphatic carbocycles. The highest BCUT2D eigenvalue weighted by Gasteiger charge is 2.31. The minimum absolute atomic E-state index is 0.0169. The monoisotopic (exact) mass is 368 g/mol. The molecule has 3 heterocycles. The van der Waals surface area contributed by atoms with Crippen LogP contribution < -0.4 is 0 Å². The molecule has 2 aromatic heterocycles. The van der Waals surface area contributed by atoms with Crippen molar-refractivity contribution in [1.82, 2.24) is 19.3 Å². The molecule has 0 amide bonds. The molecule has 7 nitrogen and oxygen atoms in total. The Kier molecular flexibility index (Phi) is 4.56. The van der Waals surface area contributed by atoms with Crippen molar-refractivity contribution in [2.24, 2.45) is 7.05 Å². The summed E-state index contributed by atoms with van der Waals surface area (Å²) in [4.78, 5) is 12.6. The molecule has 9 heteroatoms. The zero-order valence-corrected chi connectivity index (χ0v) is 15.5. The van der Waals surface area contributed by atoms with Crippen LogP contribution in [0.1, 0.15) is 34.2 Å². The maximum atomic E-state index is 12.6. The summed E-state index contributed by atoms with van der Waals surface area (Å²) in [6, 6.07) is 1.79. The Morgan fingerprint density at radius 2 is 2.17 bits per heavy atom. The lowest BCUT2D eigenvalue weighted by molar-refractivity contribution is 0.102. The van der Waals surface area contributed by atoms with Crippen LogP contribution in [-0.2, 0) is 16.9 Å². The molecule has 24 heavy (non-hydrogen) atoms.